The molecule has 13 rings (SSSR count). The number of ether oxygens (including phenoxy) is 17. The molecule has 127 heavy (non-hydrogen) atoms. The average Bonchev–Trinajstić information content (AvgIpc) is 0.786. The highest BCUT2D eigenvalue weighted by molar-refractivity contribution is 5.88. The van der Waals surface area contributed by atoms with Gasteiger partial charge in [0.1, 0.15) is 170 Å². The first-order valence-electron chi connectivity index (χ1n) is 44.1. The maximum atomic E-state index is 16.7. The van der Waals surface area contributed by atoms with Crippen molar-refractivity contribution in [3.05, 3.63) is 36.0 Å². The first-order chi connectivity index (χ1) is 59.5. The van der Waals surface area contributed by atoms with Crippen LogP contribution >= 0.6 is 0 Å². The molecule has 5 aliphatic carbocycles. The summed E-state index contributed by atoms with van der Waals surface area (Å²) in [5.41, 5.74) is -6.47. The summed E-state index contributed by atoms with van der Waals surface area (Å²) in [6, 6.07) is 0. The minimum Gasteiger partial charge on any atom is -0.458 e. The minimum absolute atomic E-state index is 0.0273. The van der Waals surface area contributed by atoms with Crippen LogP contribution in [0.1, 0.15) is 140 Å². The molecule has 0 unspecified atom stereocenters. The van der Waals surface area contributed by atoms with Crippen LogP contribution in [0.15, 0.2) is 36.0 Å². The molecule has 0 aromatic heterocycles. The summed E-state index contributed by atoms with van der Waals surface area (Å²) in [6.07, 6.45) is -60.7. The predicted molar refractivity (Wildman–Crippen MR) is 423 cm³/mol. The molecule has 0 radical (unpaired) electrons. The quantitative estimate of drug-likeness (QED) is 0.0166. The molecule has 12 fully saturated rings. The molecule has 0 bridgehead atoms. The topological polar surface area (TPSA) is 656 Å². The molecule has 728 valence electrons. The number of fused-ring (bicyclic) bond motifs is 7. The molecule has 8 heterocycles. The summed E-state index contributed by atoms with van der Waals surface area (Å²) in [4.78, 5) is 31.5. The van der Waals surface area contributed by atoms with Gasteiger partial charge in [0.15, 0.2) is 50.1 Å². The third-order valence-electron chi connectivity index (χ3n) is 31.0. The number of aliphatic hydroxyl groups excluding tert-OH is 23. The third kappa shape index (κ3) is 18.6. The predicted octanol–water partition coefficient (Wildman–Crippen LogP) is -6.61. The molecular weight excluding hydrogens is 1690 g/mol. The van der Waals surface area contributed by atoms with E-state index >= 15 is 4.79 Å². The first-order valence-corrected chi connectivity index (χ1v) is 44.1. The molecule has 4 saturated carbocycles. The van der Waals surface area contributed by atoms with Crippen LogP contribution < -0.4 is 0 Å². The molecule has 0 spiro atoms. The number of esters is 2. The zero-order valence-electron chi connectivity index (χ0n) is 73.1. The fraction of sp³-hybridized carbons (Fsp3) is 0.906. The van der Waals surface area contributed by atoms with Gasteiger partial charge in [-0.15, -0.1) is 6.58 Å². The second-order valence-electron chi connectivity index (χ2n) is 39.6. The van der Waals surface area contributed by atoms with Crippen molar-refractivity contribution < 1.29 is 208 Å². The zero-order valence-corrected chi connectivity index (χ0v) is 73.1. The van der Waals surface area contributed by atoms with Gasteiger partial charge in [-0.25, -0.2) is 4.79 Å². The van der Waals surface area contributed by atoms with E-state index in [0.717, 1.165) is 5.57 Å². The van der Waals surface area contributed by atoms with Gasteiger partial charge < -0.3 is 198 Å². The Labute approximate surface area is 734 Å². The van der Waals surface area contributed by atoms with Gasteiger partial charge in [0, 0.05) is 17.4 Å². The van der Waals surface area contributed by atoms with Gasteiger partial charge in [-0.05, 0) is 125 Å². The molecule has 23 N–H and O–H groups in total. The Balaban J connectivity index is 0.783. The maximum Gasteiger partial charge on any atom is 0.333 e. The first kappa shape index (κ1) is 101. The maximum absolute atomic E-state index is 16.7. The summed E-state index contributed by atoms with van der Waals surface area (Å²) in [5, 5.41) is 255. The molecule has 8 saturated heterocycles. The van der Waals surface area contributed by atoms with Gasteiger partial charge >= 0.3 is 11.9 Å². The SMILES string of the molecule is C=C[C@](C)(CC/C=C(\C)C(=O)O[C@H]1C[C@]2(C(=O)O[C@@H]3O[C@H](CO)[C@@H](O)[C@H](O)[C@H]3O[C@@H]3O[C@@H](C)[C@H](O[C@@H]4O[C@@H](CO)[C@H](O)[C@H]4O)[C@@H](O[C@@H]4O[C@H](CO)[C@@H](O)[C@H](O)[C@H]4O)[C@H]3O)[C@H](O)C[C@]3(C)C(=CC[C@@H]4[C@@]5(C)CC[C@H](O[C@@H]6O[C@H](CO[C@@H]7OC[C@H](O)[C@H](O)[C@H]7O[C@@H]7OC[C@@H](O)[C@H](O)[C@H]7O)[C@@H](O)[C@H](O)[C@H]6O)C(C)(C)[C@@H]5CC[C@]43C)[C@@H]2CC1(C)C)O[C@@H]1O[C@H](C)[C@@H](O)[C@H](O)[C@H]1O. The van der Waals surface area contributed by atoms with Crippen molar-refractivity contribution in [3.8, 4) is 0 Å². The van der Waals surface area contributed by atoms with E-state index in [1.807, 2.05) is 13.8 Å². The monoisotopic (exact) mass is 1830 g/mol. The minimum atomic E-state index is -2.25. The highest BCUT2D eigenvalue weighted by atomic mass is 16.8. The van der Waals surface area contributed by atoms with E-state index in [-0.39, 0.29) is 43.1 Å². The molecule has 8 aliphatic heterocycles. The molecule has 0 aromatic carbocycles. The Hall–Kier alpha value is -3.36. The molecular formula is C85H136O42. The van der Waals surface area contributed by atoms with Crippen molar-refractivity contribution in [2.24, 2.45) is 50.2 Å². The molecule has 0 aromatic rings. The van der Waals surface area contributed by atoms with Gasteiger partial charge in [0.2, 0.25) is 6.29 Å². The molecule has 48 atom stereocenters. The summed E-state index contributed by atoms with van der Waals surface area (Å²) in [7, 11) is 0. The Morgan fingerprint density at radius 3 is 1.61 bits per heavy atom. The lowest BCUT2D eigenvalue weighted by Crippen LogP contribution is -2.70. The van der Waals surface area contributed by atoms with Crippen LogP contribution in [0.4, 0.5) is 0 Å². The van der Waals surface area contributed by atoms with E-state index in [2.05, 4.69) is 47.3 Å². The highest BCUT2D eigenvalue weighted by Crippen LogP contribution is 2.76. The number of carbonyl (C=O) groups excluding carboxylic acids is 2. The Morgan fingerprint density at radius 1 is 0.488 bits per heavy atom. The molecule has 0 amide bonds. The lowest BCUT2D eigenvalue weighted by atomic mass is 9.33. The zero-order chi connectivity index (χ0) is 93.1. The summed E-state index contributed by atoms with van der Waals surface area (Å²) in [5.74, 6) is -3.29. The third-order valence-corrected chi connectivity index (χ3v) is 31.0. The van der Waals surface area contributed by atoms with E-state index in [1.54, 1.807) is 13.0 Å². The summed E-state index contributed by atoms with van der Waals surface area (Å²) < 4.78 is 103. The Bertz CT molecular complexity index is 3790. The fourth-order valence-corrected chi connectivity index (χ4v) is 22.8. The summed E-state index contributed by atoms with van der Waals surface area (Å²) in [6.45, 7) is 20.0. The molecule has 13 aliphatic rings. The van der Waals surface area contributed by atoms with E-state index in [1.165, 1.54) is 26.8 Å². The van der Waals surface area contributed by atoms with Crippen molar-refractivity contribution in [2.45, 2.75) is 392 Å². The number of aliphatic hydroxyl groups is 23. The number of hydrogen-bond donors (Lipinski definition) is 23. The van der Waals surface area contributed by atoms with E-state index in [0.29, 0.717) is 32.1 Å². The van der Waals surface area contributed by atoms with Crippen molar-refractivity contribution in [2.75, 3.05) is 39.6 Å². The number of hydrogen-bond acceptors (Lipinski definition) is 42. The molecule has 42 nitrogen and oxygen atoms in total. The van der Waals surface area contributed by atoms with Gasteiger partial charge in [-0.3, -0.25) is 4.79 Å². The number of carbonyl (C=O) groups is 2. The van der Waals surface area contributed by atoms with Crippen molar-refractivity contribution >= 4 is 11.9 Å². The van der Waals surface area contributed by atoms with E-state index in [9.17, 15) is 122 Å². The van der Waals surface area contributed by atoms with Gasteiger partial charge in [-0.1, -0.05) is 72.3 Å². The van der Waals surface area contributed by atoms with Crippen LogP contribution in [0.25, 0.3) is 0 Å². The lowest BCUT2D eigenvalue weighted by Gasteiger charge is -2.72. The van der Waals surface area contributed by atoms with Crippen LogP contribution in [0.2, 0.25) is 0 Å². The van der Waals surface area contributed by atoms with Gasteiger partial charge in [-0.2, -0.15) is 0 Å². The molecule has 42 heteroatoms. The largest absolute Gasteiger partial charge is 0.458 e. The average molecular weight is 1830 g/mol. The number of rotatable bonds is 26. The van der Waals surface area contributed by atoms with Crippen LogP contribution in [-0.2, 0) is 90.1 Å². The van der Waals surface area contributed by atoms with E-state index in [4.69, 9.17) is 80.5 Å². The van der Waals surface area contributed by atoms with E-state index < -0.39 is 348 Å². The number of allylic oxidation sites excluding steroid dienone is 3. The normalized spacial score (nSPS) is 51.7. The van der Waals surface area contributed by atoms with Crippen molar-refractivity contribution in [1.29, 1.82) is 0 Å². The smallest absolute Gasteiger partial charge is 0.333 e. The fourth-order valence-electron chi connectivity index (χ4n) is 22.8. The lowest BCUT2D eigenvalue weighted by molar-refractivity contribution is -0.390. The summed E-state index contributed by atoms with van der Waals surface area (Å²) >= 11 is 0. The van der Waals surface area contributed by atoms with Crippen LogP contribution in [0.3, 0.4) is 0 Å². The second-order valence-corrected chi connectivity index (χ2v) is 39.6. The Morgan fingerprint density at radius 2 is 0.984 bits per heavy atom. The van der Waals surface area contributed by atoms with Crippen LogP contribution in [0, 0.1) is 50.2 Å². The van der Waals surface area contributed by atoms with Crippen molar-refractivity contribution in [3.63, 3.8) is 0 Å². The van der Waals surface area contributed by atoms with Crippen LogP contribution in [0.5, 0.6) is 0 Å². The second kappa shape index (κ2) is 39.0. The van der Waals surface area contributed by atoms with Crippen LogP contribution in [-0.4, -0.2) is 420 Å². The highest BCUT2D eigenvalue weighted by Gasteiger charge is 2.74. The Kier molecular flexibility index (Phi) is 31.1. The van der Waals surface area contributed by atoms with Gasteiger partial charge in [0.05, 0.1) is 69.7 Å². The van der Waals surface area contributed by atoms with Gasteiger partial charge in [0.25, 0.3) is 0 Å². The van der Waals surface area contributed by atoms with Crippen molar-refractivity contribution in [1.82, 2.24) is 0 Å². The standard InChI is InChI=1S/C85H136O42/c1-13-81(9,127-75-63(107)55(99)48(92)33(3)114-75)20-14-15-32(2)69(109)120-47-25-85(78(110)126-77-68(58(102)52(96)40(27-87)118-77)125-74-64(108)66(123-73-62(106)56(100)51(95)39(26-86)116-73)65(34(4)115-74)122-72-60(104)53(97)41(28-88)117-72)36(23-79(47,5)6)35-16-17-44-82(10)21-19-46(80(7,8)43(82)18-22-83(44,11)84(35,12)24-45(85)91)121-71-61(105)57(101)54(98)42(119-71)31-113-76-67(50(94)38(90)30-112-76)124-70-59(103)49(93)37(89)29-111-70/h13,15-16,33-34,36-68,70-77,86-108H,1,14,17-31H2,2-12H3/b32-15+/t33-,34+,36+,37-,38+,39-,40-,41+,42-,43+,44-,45-,46+,47+,48-,49+,50+,51-,52-,53+,54-,55+,56+,57+,58+,59-,60-,61-,62-,63-,64-,65+,66+,67-,68-,70+,71+,72+,73+,74+,75+,76+,77+,81-,82+,83-,84-,85-/m1/s1.